The second-order valence-corrected chi connectivity index (χ2v) is 7.23. The van der Waals surface area contributed by atoms with Gasteiger partial charge in [-0.3, -0.25) is 9.48 Å². The number of aromatic nitrogens is 2. The van der Waals surface area contributed by atoms with Crippen LogP contribution in [0.4, 0.5) is 0 Å². The van der Waals surface area contributed by atoms with Gasteiger partial charge in [-0.1, -0.05) is 6.42 Å². The van der Waals surface area contributed by atoms with Gasteiger partial charge in [-0.05, 0) is 47.5 Å². The SMILES string of the molecule is N[C@@H]1CCC[C@H]1CC(=O)N1CCC(n2cc(Br)cn2)CC1. The number of likely N-dealkylation sites (tertiary alicyclic amines) is 1. The molecule has 2 N–H and O–H groups in total. The topological polar surface area (TPSA) is 64.2 Å². The highest BCUT2D eigenvalue weighted by atomic mass is 79.9. The first kappa shape index (κ1) is 15.0. The summed E-state index contributed by atoms with van der Waals surface area (Å²) in [7, 11) is 0. The first-order valence-electron chi connectivity index (χ1n) is 7.86. The smallest absolute Gasteiger partial charge is 0.222 e. The molecule has 0 aromatic carbocycles. The minimum Gasteiger partial charge on any atom is -0.343 e. The van der Waals surface area contributed by atoms with Crippen molar-refractivity contribution >= 4 is 21.8 Å². The summed E-state index contributed by atoms with van der Waals surface area (Å²) in [6.45, 7) is 1.67. The van der Waals surface area contributed by atoms with E-state index in [1.807, 2.05) is 22.0 Å². The summed E-state index contributed by atoms with van der Waals surface area (Å²) in [5.41, 5.74) is 6.07. The Bertz CT molecular complexity index is 496. The summed E-state index contributed by atoms with van der Waals surface area (Å²) in [6, 6.07) is 0.641. The van der Waals surface area contributed by atoms with E-state index in [0.717, 1.165) is 43.2 Å². The number of carbonyl (C=O) groups is 1. The summed E-state index contributed by atoms with van der Waals surface area (Å²) < 4.78 is 3.02. The summed E-state index contributed by atoms with van der Waals surface area (Å²) >= 11 is 3.43. The second-order valence-electron chi connectivity index (χ2n) is 6.31. The zero-order chi connectivity index (χ0) is 14.8. The average Bonchev–Trinajstić information content (AvgIpc) is 3.08. The third-order valence-corrected chi connectivity index (χ3v) is 5.33. The second kappa shape index (κ2) is 6.48. The lowest BCUT2D eigenvalue weighted by Gasteiger charge is -2.33. The van der Waals surface area contributed by atoms with E-state index in [1.165, 1.54) is 6.42 Å². The van der Waals surface area contributed by atoms with Gasteiger partial charge in [0.1, 0.15) is 0 Å². The van der Waals surface area contributed by atoms with Crippen LogP contribution in [-0.2, 0) is 4.79 Å². The zero-order valence-electron chi connectivity index (χ0n) is 12.2. The van der Waals surface area contributed by atoms with Crippen LogP contribution in [0.25, 0.3) is 0 Å². The molecule has 1 saturated heterocycles. The van der Waals surface area contributed by atoms with E-state index in [2.05, 4.69) is 21.0 Å². The normalized spacial score (nSPS) is 27.2. The van der Waals surface area contributed by atoms with Crippen LogP contribution in [0.3, 0.4) is 0 Å². The molecule has 2 atom stereocenters. The first-order valence-corrected chi connectivity index (χ1v) is 8.66. The number of hydrogen-bond donors (Lipinski definition) is 1. The molecular formula is C15H23BrN4O. The fourth-order valence-electron chi connectivity index (χ4n) is 3.57. The van der Waals surface area contributed by atoms with E-state index in [0.29, 0.717) is 18.4 Å². The summed E-state index contributed by atoms with van der Waals surface area (Å²) in [5.74, 6) is 0.690. The van der Waals surface area contributed by atoms with Gasteiger partial charge in [0.05, 0.1) is 16.7 Å². The van der Waals surface area contributed by atoms with Crippen molar-refractivity contribution in [2.45, 2.75) is 50.6 Å². The van der Waals surface area contributed by atoms with Crippen molar-refractivity contribution < 1.29 is 4.79 Å². The van der Waals surface area contributed by atoms with Gasteiger partial charge in [0.25, 0.3) is 0 Å². The average molecular weight is 355 g/mol. The van der Waals surface area contributed by atoms with Crippen molar-refractivity contribution in [3.05, 3.63) is 16.9 Å². The number of halogens is 1. The number of amides is 1. The molecule has 1 amide bonds. The van der Waals surface area contributed by atoms with Crippen LogP contribution in [-0.4, -0.2) is 39.7 Å². The van der Waals surface area contributed by atoms with Crippen molar-refractivity contribution in [1.82, 2.24) is 14.7 Å². The first-order chi connectivity index (χ1) is 10.1. The molecule has 0 spiro atoms. The van der Waals surface area contributed by atoms with Crippen LogP contribution < -0.4 is 5.73 Å². The predicted molar refractivity (Wildman–Crippen MR) is 84.7 cm³/mol. The minimum atomic E-state index is 0.230. The van der Waals surface area contributed by atoms with Gasteiger partial charge in [0, 0.05) is 31.7 Å². The van der Waals surface area contributed by atoms with E-state index in [4.69, 9.17) is 5.73 Å². The molecule has 2 aliphatic rings. The van der Waals surface area contributed by atoms with E-state index in [1.54, 1.807) is 0 Å². The number of nitrogens with zero attached hydrogens (tertiary/aromatic N) is 3. The Labute approximate surface area is 134 Å². The summed E-state index contributed by atoms with van der Waals surface area (Å²) in [4.78, 5) is 14.4. The number of hydrogen-bond acceptors (Lipinski definition) is 3. The van der Waals surface area contributed by atoms with Crippen molar-refractivity contribution in [1.29, 1.82) is 0 Å². The fourth-order valence-corrected chi connectivity index (χ4v) is 3.87. The minimum absolute atomic E-state index is 0.230. The van der Waals surface area contributed by atoms with Crippen LogP contribution in [0.1, 0.15) is 44.6 Å². The highest BCUT2D eigenvalue weighted by Crippen LogP contribution is 2.29. The largest absolute Gasteiger partial charge is 0.343 e. The number of rotatable bonds is 3. The van der Waals surface area contributed by atoms with Crippen LogP contribution >= 0.6 is 15.9 Å². The molecule has 2 fully saturated rings. The summed E-state index contributed by atoms with van der Waals surface area (Å²) in [5, 5.41) is 4.35. The maximum Gasteiger partial charge on any atom is 0.222 e. The molecule has 21 heavy (non-hydrogen) atoms. The highest BCUT2D eigenvalue weighted by molar-refractivity contribution is 9.10. The fraction of sp³-hybridized carbons (Fsp3) is 0.733. The maximum absolute atomic E-state index is 12.4. The third kappa shape index (κ3) is 3.48. The van der Waals surface area contributed by atoms with Crippen LogP contribution in [0.15, 0.2) is 16.9 Å². The van der Waals surface area contributed by atoms with Crippen molar-refractivity contribution in [2.24, 2.45) is 11.7 Å². The van der Waals surface area contributed by atoms with Crippen LogP contribution in [0.2, 0.25) is 0 Å². The van der Waals surface area contributed by atoms with Crippen molar-refractivity contribution in [3.63, 3.8) is 0 Å². The molecule has 0 radical (unpaired) electrons. The van der Waals surface area contributed by atoms with Crippen LogP contribution in [0, 0.1) is 5.92 Å². The maximum atomic E-state index is 12.4. The lowest BCUT2D eigenvalue weighted by Crippen LogP contribution is -2.41. The molecule has 116 valence electrons. The Balaban J connectivity index is 1.50. The van der Waals surface area contributed by atoms with E-state index in [-0.39, 0.29) is 11.9 Å². The monoisotopic (exact) mass is 354 g/mol. The van der Waals surface area contributed by atoms with Gasteiger partial charge in [0.2, 0.25) is 5.91 Å². The molecule has 2 heterocycles. The Kier molecular flexibility index (Phi) is 4.64. The molecule has 3 rings (SSSR count). The van der Waals surface area contributed by atoms with E-state index < -0.39 is 0 Å². The standard InChI is InChI=1S/C15H23BrN4O/c16-12-9-18-20(10-12)13-4-6-19(7-5-13)15(21)8-11-2-1-3-14(11)17/h9-11,13-14H,1-8,17H2/t11-,14+/m0/s1. The number of piperidine rings is 1. The molecule has 5 nitrogen and oxygen atoms in total. The van der Waals surface area contributed by atoms with Gasteiger partial charge < -0.3 is 10.6 Å². The molecule has 1 aromatic rings. The molecule has 1 saturated carbocycles. The molecule has 1 aliphatic carbocycles. The van der Waals surface area contributed by atoms with Gasteiger partial charge in [-0.15, -0.1) is 0 Å². The van der Waals surface area contributed by atoms with Crippen molar-refractivity contribution in [3.8, 4) is 0 Å². The Morgan fingerprint density at radius 3 is 2.67 bits per heavy atom. The molecule has 0 bridgehead atoms. The zero-order valence-corrected chi connectivity index (χ0v) is 13.8. The summed E-state index contributed by atoms with van der Waals surface area (Å²) in [6.07, 6.45) is 9.80. The lowest BCUT2D eigenvalue weighted by molar-refractivity contribution is -0.133. The van der Waals surface area contributed by atoms with Gasteiger partial charge >= 0.3 is 0 Å². The molecular weight excluding hydrogens is 332 g/mol. The van der Waals surface area contributed by atoms with E-state index in [9.17, 15) is 4.79 Å². The number of carbonyl (C=O) groups excluding carboxylic acids is 1. The lowest BCUT2D eigenvalue weighted by atomic mass is 9.98. The molecule has 1 aromatic heterocycles. The Hall–Kier alpha value is -0.880. The van der Waals surface area contributed by atoms with Gasteiger partial charge in [-0.25, -0.2) is 0 Å². The van der Waals surface area contributed by atoms with Gasteiger partial charge in [-0.2, -0.15) is 5.10 Å². The Morgan fingerprint density at radius 1 is 1.33 bits per heavy atom. The highest BCUT2D eigenvalue weighted by Gasteiger charge is 2.30. The quantitative estimate of drug-likeness (QED) is 0.905. The Morgan fingerprint density at radius 2 is 2.10 bits per heavy atom. The molecule has 6 heteroatoms. The van der Waals surface area contributed by atoms with E-state index >= 15 is 0 Å². The molecule has 0 unspecified atom stereocenters. The predicted octanol–water partition coefficient (Wildman–Crippen LogP) is 2.33. The van der Waals surface area contributed by atoms with Crippen LogP contribution in [0.5, 0.6) is 0 Å². The third-order valence-electron chi connectivity index (χ3n) is 4.92. The van der Waals surface area contributed by atoms with Gasteiger partial charge in [0.15, 0.2) is 0 Å². The molecule has 1 aliphatic heterocycles. The van der Waals surface area contributed by atoms with Crippen molar-refractivity contribution in [2.75, 3.05) is 13.1 Å². The number of nitrogens with two attached hydrogens (primary N) is 1.